The van der Waals surface area contributed by atoms with Gasteiger partial charge < -0.3 is 15.5 Å². The monoisotopic (exact) mass is 498 g/mol. The van der Waals surface area contributed by atoms with Crippen molar-refractivity contribution in [1.82, 2.24) is 25.3 Å². The fourth-order valence-corrected chi connectivity index (χ4v) is 3.02. The third kappa shape index (κ3) is 8.18. The van der Waals surface area contributed by atoms with Crippen LogP contribution in [0.5, 0.6) is 0 Å². The summed E-state index contributed by atoms with van der Waals surface area (Å²) in [6.07, 6.45) is 6.25. The molecule has 0 saturated carbocycles. The largest absolute Gasteiger partial charge is 0.354 e. The highest BCUT2D eigenvalue weighted by atomic mass is 127. The minimum Gasteiger partial charge on any atom is -0.354 e. The van der Waals surface area contributed by atoms with E-state index in [0.717, 1.165) is 43.3 Å². The van der Waals surface area contributed by atoms with Crippen LogP contribution in [-0.2, 0) is 6.54 Å². The van der Waals surface area contributed by atoms with Crippen molar-refractivity contribution >= 4 is 29.9 Å². The van der Waals surface area contributed by atoms with Crippen molar-refractivity contribution in [2.75, 3.05) is 26.7 Å². The van der Waals surface area contributed by atoms with Gasteiger partial charge in [0, 0.05) is 31.4 Å². The molecular weight excluding hydrogens is 463 g/mol. The Morgan fingerprint density at radius 2 is 1.93 bits per heavy atom. The molecule has 0 saturated heterocycles. The van der Waals surface area contributed by atoms with Crippen molar-refractivity contribution in [1.29, 1.82) is 0 Å². The number of guanidine groups is 1. The van der Waals surface area contributed by atoms with E-state index in [4.69, 9.17) is 0 Å². The van der Waals surface area contributed by atoms with Gasteiger partial charge in [-0.2, -0.15) is 5.10 Å². The van der Waals surface area contributed by atoms with E-state index < -0.39 is 0 Å². The average molecular weight is 498 g/mol. The first-order chi connectivity index (χ1) is 13.2. The Labute approximate surface area is 186 Å². The van der Waals surface area contributed by atoms with Crippen molar-refractivity contribution in [3.8, 4) is 5.69 Å². The van der Waals surface area contributed by atoms with E-state index in [1.54, 1.807) is 0 Å². The van der Waals surface area contributed by atoms with E-state index in [1.165, 1.54) is 6.42 Å². The number of nitrogens with one attached hydrogen (secondary N) is 2. The first kappa shape index (κ1) is 24.4. The zero-order valence-electron chi connectivity index (χ0n) is 17.6. The van der Waals surface area contributed by atoms with Gasteiger partial charge in [0.05, 0.1) is 11.9 Å². The van der Waals surface area contributed by atoms with Crippen LogP contribution in [0.25, 0.3) is 5.69 Å². The predicted molar refractivity (Wildman–Crippen MR) is 129 cm³/mol. The molecule has 0 radical (unpaired) electrons. The summed E-state index contributed by atoms with van der Waals surface area (Å²) in [6.45, 7) is 10.7. The molecule has 0 spiro atoms. The Morgan fingerprint density at radius 1 is 1.21 bits per heavy atom. The maximum atomic E-state index is 4.44. The van der Waals surface area contributed by atoms with Crippen LogP contribution in [0.3, 0.4) is 0 Å². The summed E-state index contributed by atoms with van der Waals surface area (Å²) in [5, 5.41) is 11.3. The molecule has 2 rings (SSSR count). The molecule has 1 aromatic carbocycles. The molecular formula is C21H35IN6. The highest BCUT2D eigenvalue weighted by Crippen LogP contribution is 2.07. The lowest BCUT2D eigenvalue weighted by molar-refractivity contribution is 0.292. The minimum absolute atomic E-state index is 0. The first-order valence-electron chi connectivity index (χ1n) is 9.94. The van der Waals surface area contributed by atoms with Gasteiger partial charge in [0.2, 0.25) is 0 Å². The van der Waals surface area contributed by atoms with Gasteiger partial charge in [-0.15, -0.1) is 24.0 Å². The minimum atomic E-state index is 0. The third-order valence-electron chi connectivity index (χ3n) is 4.73. The zero-order chi connectivity index (χ0) is 19.5. The Morgan fingerprint density at radius 3 is 2.57 bits per heavy atom. The van der Waals surface area contributed by atoms with E-state index in [2.05, 4.69) is 46.4 Å². The molecule has 0 bridgehead atoms. The van der Waals surface area contributed by atoms with Crippen LogP contribution in [0.1, 0.15) is 39.2 Å². The Hall–Kier alpha value is -1.61. The normalized spacial score (nSPS) is 12.5. The average Bonchev–Trinajstić information content (AvgIpc) is 3.18. The number of aromatic nitrogens is 2. The van der Waals surface area contributed by atoms with Crippen LogP contribution in [0.4, 0.5) is 0 Å². The van der Waals surface area contributed by atoms with E-state index in [0.29, 0.717) is 12.6 Å². The van der Waals surface area contributed by atoms with Gasteiger partial charge in [-0.05, 0) is 51.5 Å². The molecule has 6 nitrogen and oxygen atoms in total. The number of halogens is 1. The molecule has 1 aromatic heterocycles. The molecule has 0 amide bonds. The molecule has 0 aliphatic heterocycles. The summed E-state index contributed by atoms with van der Waals surface area (Å²) in [4.78, 5) is 6.80. The van der Waals surface area contributed by atoms with Crippen LogP contribution in [0, 0.1) is 0 Å². The van der Waals surface area contributed by atoms with Gasteiger partial charge in [-0.25, -0.2) is 4.68 Å². The number of para-hydroxylation sites is 1. The molecule has 1 unspecified atom stereocenters. The van der Waals surface area contributed by atoms with Crippen LogP contribution < -0.4 is 10.6 Å². The lowest BCUT2D eigenvalue weighted by atomic mass is 10.2. The number of hydrogen-bond donors (Lipinski definition) is 2. The van der Waals surface area contributed by atoms with Crippen LogP contribution in [0.2, 0.25) is 0 Å². The van der Waals surface area contributed by atoms with Gasteiger partial charge in [0.1, 0.15) is 0 Å². The molecule has 28 heavy (non-hydrogen) atoms. The second-order valence-corrected chi connectivity index (χ2v) is 6.77. The second-order valence-electron chi connectivity index (χ2n) is 6.77. The van der Waals surface area contributed by atoms with E-state index in [-0.39, 0.29) is 24.0 Å². The molecule has 1 heterocycles. The maximum absolute atomic E-state index is 4.44. The van der Waals surface area contributed by atoms with Crippen molar-refractivity contribution in [2.45, 2.75) is 46.2 Å². The van der Waals surface area contributed by atoms with Gasteiger partial charge in [-0.3, -0.25) is 4.99 Å². The maximum Gasteiger partial charge on any atom is 0.191 e. The molecule has 0 aliphatic carbocycles. The van der Waals surface area contributed by atoms with Crippen molar-refractivity contribution in [3.05, 3.63) is 48.3 Å². The summed E-state index contributed by atoms with van der Waals surface area (Å²) >= 11 is 0. The predicted octanol–water partition coefficient (Wildman–Crippen LogP) is 3.67. The molecule has 7 heteroatoms. The highest BCUT2D eigenvalue weighted by Gasteiger charge is 2.07. The van der Waals surface area contributed by atoms with Gasteiger partial charge in [-0.1, -0.05) is 32.0 Å². The lowest BCUT2D eigenvalue weighted by Gasteiger charge is -2.21. The number of nitrogens with zero attached hydrogens (tertiary/aromatic N) is 4. The number of aliphatic imine (C=N–C) groups is 1. The van der Waals surface area contributed by atoms with Crippen molar-refractivity contribution in [3.63, 3.8) is 0 Å². The summed E-state index contributed by atoms with van der Waals surface area (Å²) in [7, 11) is 1.81. The zero-order valence-corrected chi connectivity index (χ0v) is 19.9. The summed E-state index contributed by atoms with van der Waals surface area (Å²) in [5.74, 6) is 0.831. The number of rotatable bonds is 10. The SMILES string of the molecule is CCN(CC)CCCC(C)NC(=NC)NCc1cnn(-c2ccccc2)c1.I. The van der Waals surface area contributed by atoms with E-state index in [1.807, 2.05) is 54.5 Å². The summed E-state index contributed by atoms with van der Waals surface area (Å²) in [6, 6.07) is 10.5. The van der Waals surface area contributed by atoms with Gasteiger partial charge in [0.15, 0.2) is 5.96 Å². The third-order valence-corrected chi connectivity index (χ3v) is 4.73. The molecule has 1 atom stereocenters. The Bertz CT molecular complexity index is 681. The Kier molecular flexibility index (Phi) is 11.8. The number of hydrogen-bond acceptors (Lipinski definition) is 3. The molecule has 2 aromatic rings. The first-order valence-corrected chi connectivity index (χ1v) is 9.94. The number of benzene rings is 1. The topological polar surface area (TPSA) is 57.5 Å². The van der Waals surface area contributed by atoms with Crippen molar-refractivity contribution < 1.29 is 0 Å². The molecule has 2 N–H and O–H groups in total. The van der Waals surface area contributed by atoms with Gasteiger partial charge >= 0.3 is 0 Å². The smallest absolute Gasteiger partial charge is 0.191 e. The summed E-state index contributed by atoms with van der Waals surface area (Å²) in [5.41, 5.74) is 2.18. The van der Waals surface area contributed by atoms with Gasteiger partial charge in [0.25, 0.3) is 0 Å². The standard InChI is InChI=1S/C21H34N6.HI/c1-5-26(6-2)14-10-11-18(3)25-21(22-4)23-15-19-16-24-27(17-19)20-12-8-7-9-13-20;/h7-9,12-13,16-18H,5-6,10-11,14-15H2,1-4H3,(H2,22,23,25);1H. The second kappa shape index (κ2) is 13.5. The quantitative estimate of drug-likeness (QED) is 0.298. The Balaban J connectivity index is 0.00000392. The molecule has 0 aliphatic rings. The lowest BCUT2D eigenvalue weighted by Crippen LogP contribution is -2.42. The van der Waals surface area contributed by atoms with Crippen molar-refractivity contribution in [2.24, 2.45) is 4.99 Å². The molecule has 0 fully saturated rings. The highest BCUT2D eigenvalue weighted by molar-refractivity contribution is 14.0. The van der Waals surface area contributed by atoms with Crippen LogP contribution in [0.15, 0.2) is 47.7 Å². The van der Waals surface area contributed by atoms with Crippen LogP contribution >= 0.6 is 24.0 Å². The fourth-order valence-electron chi connectivity index (χ4n) is 3.02. The van der Waals surface area contributed by atoms with Crippen LogP contribution in [-0.4, -0.2) is 53.4 Å². The summed E-state index contributed by atoms with van der Waals surface area (Å²) < 4.78 is 1.89. The fraction of sp³-hybridized carbons (Fsp3) is 0.524. The van der Waals surface area contributed by atoms with E-state index in [9.17, 15) is 0 Å². The van der Waals surface area contributed by atoms with E-state index >= 15 is 0 Å². The molecule has 156 valence electrons.